The Morgan fingerprint density at radius 2 is 0.557 bits per heavy atom. The normalized spacial score (nSPS) is 12.7. The van der Waals surface area contributed by atoms with Crippen molar-refractivity contribution in [1.29, 1.82) is 0 Å². The van der Waals surface area contributed by atoms with Gasteiger partial charge in [-0.15, -0.1) is 0 Å². The molecule has 0 heterocycles. The summed E-state index contributed by atoms with van der Waals surface area (Å²) in [6, 6.07) is 0. The van der Waals surface area contributed by atoms with Crippen LogP contribution in [0.2, 0.25) is 0 Å². The number of unbranched alkanes of at least 4 members (excludes halogenated alkanes) is 28. The van der Waals surface area contributed by atoms with Crippen molar-refractivity contribution in [2.75, 3.05) is 13.2 Å². The molecule has 0 saturated carbocycles. The van der Waals surface area contributed by atoms with E-state index in [0.717, 1.165) is 109 Å². The molecule has 1 atom stereocenters. The van der Waals surface area contributed by atoms with E-state index in [4.69, 9.17) is 14.2 Å². The van der Waals surface area contributed by atoms with Crippen LogP contribution in [-0.2, 0) is 28.6 Å². The van der Waals surface area contributed by atoms with Crippen LogP contribution in [0.4, 0.5) is 0 Å². The quantitative estimate of drug-likeness (QED) is 0.0261. The number of allylic oxidation sites excluding steroid dienone is 14. The number of ether oxygens (including phenoxy) is 3. The number of esters is 3. The highest BCUT2D eigenvalue weighted by molar-refractivity contribution is 5.71. The van der Waals surface area contributed by atoms with Crippen molar-refractivity contribution in [3.05, 3.63) is 85.1 Å². The van der Waals surface area contributed by atoms with Gasteiger partial charge in [-0.3, -0.25) is 14.4 Å². The van der Waals surface area contributed by atoms with E-state index in [-0.39, 0.29) is 31.1 Å². The molecule has 70 heavy (non-hydrogen) atoms. The van der Waals surface area contributed by atoms with Crippen molar-refractivity contribution in [2.24, 2.45) is 0 Å². The third kappa shape index (κ3) is 55.5. The monoisotopic (exact) mass is 975 g/mol. The van der Waals surface area contributed by atoms with Gasteiger partial charge in [0.2, 0.25) is 0 Å². The fourth-order valence-corrected chi connectivity index (χ4v) is 8.21. The van der Waals surface area contributed by atoms with Crippen LogP contribution >= 0.6 is 0 Å². The Hall–Kier alpha value is -3.41. The molecule has 0 aromatic carbocycles. The van der Waals surface area contributed by atoms with Crippen molar-refractivity contribution in [1.82, 2.24) is 0 Å². The van der Waals surface area contributed by atoms with Crippen LogP contribution in [0.5, 0.6) is 0 Å². The molecule has 402 valence electrons. The van der Waals surface area contributed by atoms with Crippen LogP contribution in [0.3, 0.4) is 0 Å². The first-order valence-corrected chi connectivity index (χ1v) is 29.6. The molecule has 0 aliphatic heterocycles. The lowest BCUT2D eigenvalue weighted by atomic mass is 10.0. The average Bonchev–Trinajstić information content (AvgIpc) is 3.36. The SMILES string of the molecule is CC/C=C\C/C=C\C/C=C\C/C=C\C/C=C\C/C=C\CCCCCCCCCCCCCCCCC(=O)OCC(COC(=O)CCCCCCCC)OC(=O)CCCCCCC/C=C\CCCCCC. The Morgan fingerprint density at radius 1 is 0.300 bits per heavy atom. The molecule has 0 aliphatic carbocycles. The first-order valence-electron chi connectivity index (χ1n) is 29.6. The molecule has 0 spiro atoms. The van der Waals surface area contributed by atoms with E-state index < -0.39 is 6.10 Å². The lowest BCUT2D eigenvalue weighted by molar-refractivity contribution is -0.167. The smallest absolute Gasteiger partial charge is 0.306 e. The van der Waals surface area contributed by atoms with Gasteiger partial charge in [-0.25, -0.2) is 0 Å². The maximum Gasteiger partial charge on any atom is 0.306 e. The molecule has 6 nitrogen and oxygen atoms in total. The number of rotatable bonds is 53. The maximum absolute atomic E-state index is 12.7. The molecule has 0 rings (SSSR count). The van der Waals surface area contributed by atoms with E-state index in [1.165, 1.54) is 135 Å². The number of carbonyl (C=O) groups excluding carboxylic acids is 3. The van der Waals surface area contributed by atoms with Gasteiger partial charge in [-0.1, -0.05) is 254 Å². The van der Waals surface area contributed by atoms with Crippen LogP contribution in [0, 0.1) is 0 Å². The molecule has 1 unspecified atom stereocenters. The molecule has 0 fully saturated rings. The predicted molar refractivity (Wildman–Crippen MR) is 302 cm³/mol. The third-order valence-electron chi connectivity index (χ3n) is 12.6. The summed E-state index contributed by atoms with van der Waals surface area (Å²) in [6.07, 6.45) is 76.2. The number of hydrogen-bond donors (Lipinski definition) is 0. The van der Waals surface area contributed by atoms with Gasteiger partial charge in [0.05, 0.1) is 0 Å². The minimum absolute atomic E-state index is 0.0773. The highest BCUT2D eigenvalue weighted by atomic mass is 16.6. The Bertz CT molecular complexity index is 1350. The largest absolute Gasteiger partial charge is 0.462 e. The average molecular weight is 976 g/mol. The van der Waals surface area contributed by atoms with Gasteiger partial charge in [0.1, 0.15) is 13.2 Å². The summed E-state index contributed by atoms with van der Waals surface area (Å²) >= 11 is 0. The van der Waals surface area contributed by atoms with Crippen LogP contribution in [0.25, 0.3) is 0 Å². The van der Waals surface area contributed by atoms with Gasteiger partial charge in [0, 0.05) is 19.3 Å². The molecule has 0 aromatic rings. The molecule has 0 bridgehead atoms. The molecule has 0 N–H and O–H groups in total. The molecule has 0 radical (unpaired) electrons. The maximum atomic E-state index is 12.7. The lowest BCUT2D eigenvalue weighted by Crippen LogP contribution is -2.30. The molecule has 0 aliphatic rings. The summed E-state index contributed by atoms with van der Waals surface area (Å²) in [5.41, 5.74) is 0. The fourth-order valence-electron chi connectivity index (χ4n) is 8.21. The second kappa shape index (κ2) is 58.2. The molecule has 0 aromatic heterocycles. The van der Waals surface area contributed by atoms with E-state index in [1.54, 1.807) is 0 Å². The predicted octanol–water partition coefficient (Wildman–Crippen LogP) is 19.9. The van der Waals surface area contributed by atoms with Crippen molar-refractivity contribution in [2.45, 2.75) is 290 Å². The Balaban J connectivity index is 3.99. The van der Waals surface area contributed by atoms with E-state index in [1.807, 2.05) is 0 Å². The standard InChI is InChI=1S/C64H110O6/c1-4-7-10-13-16-18-20-22-23-24-25-26-27-28-29-30-31-32-33-34-35-36-37-38-39-40-41-43-44-46-48-51-54-57-63(66)69-60-61(59-68-62(65)56-53-50-15-12-9-6-3)70-64(67)58-55-52-49-47-45-42-21-19-17-14-11-8-5-2/h7,10,16,18-19,21-23,25-26,28-29,31-32,61H,4-6,8-9,11-15,17,20,24,27,30,33-60H2,1-3H3/b10-7-,18-16-,21-19-,23-22-,26-25-,29-28-,32-31-. The Labute approximate surface area is 433 Å². The topological polar surface area (TPSA) is 78.9 Å². The zero-order chi connectivity index (χ0) is 50.7. The minimum Gasteiger partial charge on any atom is -0.462 e. The highest BCUT2D eigenvalue weighted by Crippen LogP contribution is 2.16. The minimum atomic E-state index is -0.775. The second-order valence-electron chi connectivity index (χ2n) is 19.5. The summed E-state index contributed by atoms with van der Waals surface area (Å²) in [5.74, 6) is -0.891. The van der Waals surface area contributed by atoms with E-state index in [0.29, 0.717) is 19.3 Å². The van der Waals surface area contributed by atoms with Crippen LogP contribution in [-0.4, -0.2) is 37.2 Å². The Kier molecular flexibility index (Phi) is 55.3. The second-order valence-corrected chi connectivity index (χ2v) is 19.5. The van der Waals surface area contributed by atoms with Crippen molar-refractivity contribution < 1.29 is 28.6 Å². The number of hydrogen-bond acceptors (Lipinski definition) is 6. The van der Waals surface area contributed by atoms with Crippen molar-refractivity contribution in [3.8, 4) is 0 Å². The summed E-state index contributed by atoms with van der Waals surface area (Å²) in [6.45, 7) is 6.45. The van der Waals surface area contributed by atoms with Gasteiger partial charge in [0.15, 0.2) is 6.10 Å². The molecule has 0 amide bonds. The first-order chi connectivity index (χ1) is 34.5. The fraction of sp³-hybridized carbons (Fsp3) is 0.734. The molecular formula is C64H110O6. The van der Waals surface area contributed by atoms with Crippen LogP contribution in [0.1, 0.15) is 284 Å². The summed E-state index contributed by atoms with van der Waals surface area (Å²) in [5, 5.41) is 0. The van der Waals surface area contributed by atoms with Gasteiger partial charge in [-0.05, 0) is 96.3 Å². The van der Waals surface area contributed by atoms with Crippen molar-refractivity contribution in [3.63, 3.8) is 0 Å². The van der Waals surface area contributed by atoms with Gasteiger partial charge in [-0.2, -0.15) is 0 Å². The zero-order valence-corrected chi connectivity index (χ0v) is 46.0. The Morgan fingerprint density at radius 3 is 0.900 bits per heavy atom. The summed E-state index contributed by atoms with van der Waals surface area (Å²) < 4.78 is 16.7. The van der Waals surface area contributed by atoms with E-state index >= 15 is 0 Å². The third-order valence-corrected chi connectivity index (χ3v) is 12.6. The van der Waals surface area contributed by atoms with Gasteiger partial charge in [0.25, 0.3) is 0 Å². The number of carbonyl (C=O) groups is 3. The van der Waals surface area contributed by atoms with Crippen LogP contribution in [0.15, 0.2) is 85.1 Å². The van der Waals surface area contributed by atoms with Crippen LogP contribution < -0.4 is 0 Å². The van der Waals surface area contributed by atoms with E-state index in [9.17, 15) is 14.4 Å². The molecule has 0 saturated heterocycles. The molecular weight excluding hydrogens is 865 g/mol. The summed E-state index contributed by atoms with van der Waals surface area (Å²) in [7, 11) is 0. The lowest BCUT2D eigenvalue weighted by Gasteiger charge is -2.18. The zero-order valence-electron chi connectivity index (χ0n) is 46.0. The van der Waals surface area contributed by atoms with E-state index in [2.05, 4.69) is 106 Å². The van der Waals surface area contributed by atoms with Gasteiger partial charge >= 0.3 is 17.9 Å². The first kappa shape index (κ1) is 66.6. The van der Waals surface area contributed by atoms with Crippen molar-refractivity contribution >= 4 is 17.9 Å². The molecule has 6 heteroatoms. The summed E-state index contributed by atoms with van der Waals surface area (Å²) in [4.78, 5) is 37.8. The van der Waals surface area contributed by atoms with Gasteiger partial charge < -0.3 is 14.2 Å². The highest BCUT2D eigenvalue weighted by Gasteiger charge is 2.19.